The molecule has 1 fully saturated rings. The molecule has 2 aromatic rings. The van der Waals surface area contributed by atoms with Gasteiger partial charge in [0.2, 0.25) is 0 Å². The number of piperazine rings is 1. The lowest BCUT2D eigenvalue weighted by atomic mass is 10.1. The van der Waals surface area contributed by atoms with Crippen LogP contribution in [-0.4, -0.2) is 36.4 Å². The second kappa shape index (κ2) is 5.23. The summed E-state index contributed by atoms with van der Waals surface area (Å²) in [4.78, 5) is 2.32. The Morgan fingerprint density at radius 3 is 2.79 bits per heavy atom. The van der Waals surface area contributed by atoms with E-state index >= 15 is 0 Å². The summed E-state index contributed by atoms with van der Waals surface area (Å²) in [6.45, 7) is 6.13. The molecule has 1 aromatic heterocycles. The molecule has 0 spiro atoms. The van der Waals surface area contributed by atoms with Crippen molar-refractivity contribution in [3.63, 3.8) is 0 Å². The van der Waals surface area contributed by atoms with Crippen molar-refractivity contribution in [1.82, 2.24) is 15.5 Å². The van der Waals surface area contributed by atoms with Crippen LogP contribution in [0.25, 0.3) is 11.3 Å². The molecule has 1 aromatic carbocycles. The lowest BCUT2D eigenvalue weighted by Gasteiger charge is -2.27. The molecule has 0 saturated carbocycles. The normalized spacial score (nSPS) is 15.8. The minimum absolute atomic E-state index is 0.746. The van der Waals surface area contributed by atoms with Gasteiger partial charge in [0.15, 0.2) is 5.82 Å². The van der Waals surface area contributed by atoms with Crippen molar-refractivity contribution in [2.75, 3.05) is 31.1 Å². The molecule has 100 valence electrons. The Bertz CT molecular complexity index is 573. The zero-order chi connectivity index (χ0) is 13.2. The molecule has 0 amide bonds. The molecule has 0 aliphatic carbocycles. The number of benzene rings is 1. The van der Waals surface area contributed by atoms with Crippen molar-refractivity contribution in [3.05, 3.63) is 34.9 Å². The summed E-state index contributed by atoms with van der Waals surface area (Å²) in [6.07, 6.45) is 0. The third-order valence-corrected chi connectivity index (χ3v) is 3.75. The van der Waals surface area contributed by atoms with Gasteiger partial charge in [0.05, 0.1) is 5.69 Å². The Hall–Kier alpha value is -1.52. The average Bonchev–Trinajstić information content (AvgIpc) is 2.81. The fourth-order valence-electron chi connectivity index (χ4n) is 2.50. The van der Waals surface area contributed by atoms with Crippen molar-refractivity contribution >= 4 is 17.4 Å². The molecular weight excluding hydrogens is 260 g/mol. The molecule has 0 unspecified atom stereocenters. The first kappa shape index (κ1) is 12.5. The van der Waals surface area contributed by atoms with Crippen LogP contribution in [0.15, 0.2) is 24.3 Å². The van der Waals surface area contributed by atoms with E-state index in [1.165, 1.54) is 5.56 Å². The summed E-state index contributed by atoms with van der Waals surface area (Å²) < 4.78 is 0. The topological polar surface area (TPSA) is 44.0 Å². The standard InChI is InChI=1S/C14H17ClN4/c1-10-13(11-3-2-4-12(15)9-11)17-18-14(10)19-7-5-16-6-8-19/h2-4,9,16H,5-8H2,1H3,(H,17,18). The molecule has 0 atom stereocenters. The van der Waals surface area contributed by atoms with Crippen LogP contribution < -0.4 is 10.2 Å². The van der Waals surface area contributed by atoms with Gasteiger partial charge >= 0.3 is 0 Å². The van der Waals surface area contributed by atoms with Crippen molar-refractivity contribution in [2.24, 2.45) is 0 Å². The van der Waals surface area contributed by atoms with E-state index in [0.29, 0.717) is 0 Å². The van der Waals surface area contributed by atoms with E-state index in [1.54, 1.807) is 0 Å². The highest BCUT2D eigenvalue weighted by molar-refractivity contribution is 6.30. The second-order valence-corrected chi connectivity index (χ2v) is 5.23. The van der Waals surface area contributed by atoms with Gasteiger partial charge < -0.3 is 10.2 Å². The summed E-state index contributed by atoms with van der Waals surface area (Å²) >= 11 is 6.05. The number of aromatic nitrogens is 2. The zero-order valence-electron chi connectivity index (χ0n) is 10.9. The second-order valence-electron chi connectivity index (χ2n) is 4.79. The number of hydrogen-bond donors (Lipinski definition) is 2. The van der Waals surface area contributed by atoms with E-state index < -0.39 is 0 Å². The number of anilines is 1. The van der Waals surface area contributed by atoms with Crippen LogP contribution in [0.2, 0.25) is 5.02 Å². The van der Waals surface area contributed by atoms with Gasteiger partial charge in [0.25, 0.3) is 0 Å². The maximum atomic E-state index is 6.05. The Kier molecular flexibility index (Phi) is 3.44. The predicted octanol–water partition coefficient (Wildman–Crippen LogP) is 2.45. The molecule has 19 heavy (non-hydrogen) atoms. The first-order chi connectivity index (χ1) is 9.25. The molecular formula is C14H17ClN4. The van der Waals surface area contributed by atoms with Crippen LogP contribution in [0, 0.1) is 6.92 Å². The minimum atomic E-state index is 0.746. The van der Waals surface area contributed by atoms with Crippen LogP contribution in [0.4, 0.5) is 5.82 Å². The van der Waals surface area contributed by atoms with Crippen molar-refractivity contribution in [1.29, 1.82) is 0 Å². The number of halogens is 1. The summed E-state index contributed by atoms with van der Waals surface area (Å²) in [5.41, 5.74) is 3.32. The number of hydrogen-bond acceptors (Lipinski definition) is 3. The SMILES string of the molecule is Cc1c(N2CCNCC2)n[nH]c1-c1cccc(Cl)c1. The molecule has 4 nitrogen and oxygen atoms in total. The van der Waals surface area contributed by atoms with Crippen LogP contribution in [0.3, 0.4) is 0 Å². The average molecular weight is 277 g/mol. The van der Waals surface area contributed by atoms with E-state index in [-0.39, 0.29) is 0 Å². The number of nitrogens with one attached hydrogen (secondary N) is 2. The molecule has 2 heterocycles. The summed E-state index contributed by atoms with van der Waals surface area (Å²) in [5.74, 6) is 1.05. The zero-order valence-corrected chi connectivity index (χ0v) is 11.7. The lowest BCUT2D eigenvalue weighted by Crippen LogP contribution is -2.43. The molecule has 5 heteroatoms. The van der Waals surface area contributed by atoms with Crippen molar-refractivity contribution in [3.8, 4) is 11.3 Å². The Morgan fingerprint density at radius 1 is 1.26 bits per heavy atom. The minimum Gasteiger partial charge on any atom is -0.352 e. The van der Waals surface area contributed by atoms with E-state index in [1.807, 2.05) is 24.3 Å². The molecule has 0 radical (unpaired) electrons. The van der Waals surface area contributed by atoms with Crippen LogP contribution >= 0.6 is 11.6 Å². The smallest absolute Gasteiger partial charge is 0.154 e. The van der Waals surface area contributed by atoms with Gasteiger partial charge in [-0.05, 0) is 19.1 Å². The summed E-state index contributed by atoms with van der Waals surface area (Å²) in [5, 5.41) is 11.7. The van der Waals surface area contributed by atoms with Crippen LogP contribution in [-0.2, 0) is 0 Å². The van der Waals surface area contributed by atoms with Crippen LogP contribution in [0.5, 0.6) is 0 Å². The van der Waals surface area contributed by atoms with Crippen molar-refractivity contribution < 1.29 is 0 Å². The van der Waals surface area contributed by atoms with E-state index in [2.05, 4.69) is 27.3 Å². The highest BCUT2D eigenvalue weighted by atomic mass is 35.5. The third kappa shape index (κ3) is 2.46. The highest BCUT2D eigenvalue weighted by Gasteiger charge is 2.18. The van der Waals surface area contributed by atoms with Gasteiger partial charge in [-0.3, -0.25) is 5.10 Å². The van der Waals surface area contributed by atoms with Gasteiger partial charge in [0.1, 0.15) is 0 Å². The van der Waals surface area contributed by atoms with Crippen molar-refractivity contribution in [2.45, 2.75) is 6.92 Å². The quantitative estimate of drug-likeness (QED) is 0.886. The van der Waals surface area contributed by atoms with Gasteiger partial charge in [-0.25, -0.2) is 0 Å². The predicted molar refractivity (Wildman–Crippen MR) is 78.9 cm³/mol. The first-order valence-corrected chi connectivity index (χ1v) is 6.90. The number of aromatic amines is 1. The van der Waals surface area contributed by atoms with Gasteiger partial charge in [-0.15, -0.1) is 0 Å². The third-order valence-electron chi connectivity index (χ3n) is 3.51. The highest BCUT2D eigenvalue weighted by Crippen LogP contribution is 2.29. The molecule has 1 aliphatic rings. The molecule has 0 bridgehead atoms. The number of rotatable bonds is 2. The molecule has 2 N–H and O–H groups in total. The fourth-order valence-corrected chi connectivity index (χ4v) is 2.69. The molecule has 1 aliphatic heterocycles. The first-order valence-electron chi connectivity index (χ1n) is 6.52. The van der Waals surface area contributed by atoms with Gasteiger partial charge in [-0.2, -0.15) is 5.10 Å². The molecule has 1 saturated heterocycles. The lowest BCUT2D eigenvalue weighted by molar-refractivity contribution is 0.584. The molecule has 3 rings (SSSR count). The fraction of sp³-hybridized carbons (Fsp3) is 0.357. The van der Waals surface area contributed by atoms with E-state index in [4.69, 9.17) is 11.6 Å². The van der Waals surface area contributed by atoms with E-state index in [9.17, 15) is 0 Å². The summed E-state index contributed by atoms with van der Waals surface area (Å²) in [6, 6.07) is 7.86. The van der Waals surface area contributed by atoms with Gasteiger partial charge in [0, 0.05) is 42.3 Å². The number of nitrogens with zero attached hydrogens (tertiary/aromatic N) is 2. The maximum absolute atomic E-state index is 6.05. The maximum Gasteiger partial charge on any atom is 0.154 e. The monoisotopic (exact) mass is 276 g/mol. The Labute approximate surface area is 117 Å². The number of H-pyrrole nitrogens is 1. The Morgan fingerprint density at radius 2 is 2.05 bits per heavy atom. The Balaban J connectivity index is 1.94. The largest absolute Gasteiger partial charge is 0.352 e. The van der Waals surface area contributed by atoms with Gasteiger partial charge in [-0.1, -0.05) is 23.7 Å². The van der Waals surface area contributed by atoms with E-state index in [0.717, 1.165) is 48.3 Å². The summed E-state index contributed by atoms with van der Waals surface area (Å²) in [7, 11) is 0. The van der Waals surface area contributed by atoms with Crippen LogP contribution in [0.1, 0.15) is 5.56 Å².